The Bertz CT molecular complexity index is 679. The zero-order valence-corrected chi connectivity index (χ0v) is 10.2. The monoisotopic (exact) mass is 248 g/mol. The Morgan fingerprint density at radius 2 is 1.21 bits per heavy atom. The Balaban J connectivity index is 2.03. The Hall–Kier alpha value is -2.68. The molecular formula is C16H12N2O. The van der Waals surface area contributed by atoms with Crippen molar-refractivity contribution < 1.29 is 5.11 Å². The third-order valence-electron chi connectivity index (χ3n) is 2.95. The van der Waals surface area contributed by atoms with E-state index in [2.05, 4.69) is 16.0 Å². The molecule has 0 aliphatic heterocycles. The van der Waals surface area contributed by atoms with Crippen LogP contribution in [-0.2, 0) is 0 Å². The van der Waals surface area contributed by atoms with E-state index in [0.29, 0.717) is 0 Å². The molecule has 0 radical (unpaired) electrons. The molecule has 2 aromatic heterocycles. The van der Waals surface area contributed by atoms with Crippen molar-refractivity contribution in [2.75, 3.05) is 0 Å². The van der Waals surface area contributed by atoms with E-state index in [-0.39, 0.29) is 5.75 Å². The van der Waals surface area contributed by atoms with Crippen molar-refractivity contribution in [3.8, 4) is 28.0 Å². The lowest BCUT2D eigenvalue weighted by Gasteiger charge is -2.05. The molecule has 0 saturated carbocycles. The fourth-order valence-electron chi connectivity index (χ4n) is 1.95. The summed E-state index contributed by atoms with van der Waals surface area (Å²) < 4.78 is 0. The largest absolute Gasteiger partial charge is 0.508 e. The molecule has 2 heterocycles. The van der Waals surface area contributed by atoms with Crippen LogP contribution in [0.15, 0.2) is 67.3 Å². The van der Waals surface area contributed by atoms with Gasteiger partial charge in [-0.05, 0) is 41.5 Å². The Morgan fingerprint density at radius 3 is 1.84 bits per heavy atom. The second-order valence-electron chi connectivity index (χ2n) is 4.25. The molecule has 19 heavy (non-hydrogen) atoms. The highest BCUT2D eigenvalue weighted by Crippen LogP contribution is 2.25. The van der Waals surface area contributed by atoms with Crippen molar-refractivity contribution in [3.63, 3.8) is 0 Å². The summed E-state index contributed by atoms with van der Waals surface area (Å²) >= 11 is 0. The summed E-state index contributed by atoms with van der Waals surface area (Å²) in [6, 6.07) is 13.1. The van der Waals surface area contributed by atoms with E-state index >= 15 is 0 Å². The molecule has 1 aromatic carbocycles. The zero-order valence-electron chi connectivity index (χ0n) is 10.2. The SMILES string of the molecule is Oc1ccc(-c2cncc(-c3ccncc3)c2)cc1. The first-order valence-electron chi connectivity index (χ1n) is 5.98. The average Bonchev–Trinajstić information content (AvgIpc) is 2.49. The van der Waals surface area contributed by atoms with Gasteiger partial charge in [0.1, 0.15) is 5.75 Å². The highest BCUT2D eigenvalue weighted by molar-refractivity contribution is 5.71. The average molecular weight is 248 g/mol. The van der Waals surface area contributed by atoms with Gasteiger partial charge in [0.15, 0.2) is 0 Å². The number of phenols is 1. The van der Waals surface area contributed by atoms with E-state index in [1.165, 1.54) is 0 Å². The van der Waals surface area contributed by atoms with Gasteiger partial charge in [-0.3, -0.25) is 9.97 Å². The number of hydrogen-bond donors (Lipinski definition) is 1. The number of hydrogen-bond acceptors (Lipinski definition) is 3. The van der Waals surface area contributed by atoms with Crippen LogP contribution in [0.25, 0.3) is 22.3 Å². The second kappa shape index (κ2) is 4.90. The summed E-state index contributed by atoms with van der Waals surface area (Å²) in [5.41, 5.74) is 4.19. The number of rotatable bonds is 2. The normalized spacial score (nSPS) is 10.3. The van der Waals surface area contributed by atoms with Crippen LogP contribution in [0.4, 0.5) is 0 Å². The topological polar surface area (TPSA) is 46.0 Å². The molecular weight excluding hydrogens is 236 g/mol. The van der Waals surface area contributed by atoms with Gasteiger partial charge in [-0.1, -0.05) is 12.1 Å². The maximum Gasteiger partial charge on any atom is 0.115 e. The quantitative estimate of drug-likeness (QED) is 0.754. The van der Waals surface area contributed by atoms with Gasteiger partial charge < -0.3 is 5.11 Å². The minimum atomic E-state index is 0.266. The summed E-state index contributed by atoms with van der Waals surface area (Å²) in [5.74, 6) is 0.266. The molecule has 0 spiro atoms. The van der Waals surface area contributed by atoms with Crippen LogP contribution >= 0.6 is 0 Å². The molecule has 0 aliphatic carbocycles. The summed E-state index contributed by atoms with van der Waals surface area (Å²) in [7, 11) is 0. The molecule has 0 aliphatic rings. The van der Waals surface area contributed by atoms with Crippen molar-refractivity contribution in [3.05, 3.63) is 67.3 Å². The molecule has 3 nitrogen and oxygen atoms in total. The maximum atomic E-state index is 9.31. The van der Waals surface area contributed by atoms with Gasteiger partial charge in [-0.2, -0.15) is 0 Å². The lowest BCUT2D eigenvalue weighted by Crippen LogP contribution is -1.84. The van der Waals surface area contributed by atoms with E-state index in [1.807, 2.05) is 36.7 Å². The van der Waals surface area contributed by atoms with Gasteiger partial charge in [-0.15, -0.1) is 0 Å². The van der Waals surface area contributed by atoms with Crippen molar-refractivity contribution >= 4 is 0 Å². The minimum Gasteiger partial charge on any atom is -0.508 e. The molecule has 92 valence electrons. The van der Waals surface area contributed by atoms with Crippen LogP contribution in [0.2, 0.25) is 0 Å². The molecule has 0 saturated heterocycles. The van der Waals surface area contributed by atoms with Crippen LogP contribution in [0, 0.1) is 0 Å². The molecule has 1 N–H and O–H groups in total. The molecule has 3 aromatic rings. The third kappa shape index (κ3) is 2.45. The van der Waals surface area contributed by atoms with Gasteiger partial charge in [0, 0.05) is 35.9 Å². The third-order valence-corrected chi connectivity index (χ3v) is 2.95. The van der Waals surface area contributed by atoms with Gasteiger partial charge in [-0.25, -0.2) is 0 Å². The van der Waals surface area contributed by atoms with E-state index in [1.54, 1.807) is 24.5 Å². The summed E-state index contributed by atoms with van der Waals surface area (Å²) in [4.78, 5) is 8.29. The van der Waals surface area contributed by atoms with Gasteiger partial charge >= 0.3 is 0 Å². The zero-order chi connectivity index (χ0) is 13.1. The van der Waals surface area contributed by atoms with E-state index in [4.69, 9.17) is 0 Å². The first-order valence-corrected chi connectivity index (χ1v) is 5.98. The predicted octanol–water partition coefficient (Wildman–Crippen LogP) is 3.52. The lowest BCUT2D eigenvalue weighted by molar-refractivity contribution is 0.475. The fourth-order valence-corrected chi connectivity index (χ4v) is 1.95. The highest BCUT2D eigenvalue weighted by atomic mass is 16.3. The van der Waals surface area contributed by atoms with Crippen molar-refractivity contribution in [2.24, 2.45) is 0 Å². The number of aromatic hydroxyl groups is 1. The van der Waals surface area contributed by atoms with E-state index in [9.17, 15) is 5.11 Å². The lowest BCUT2D eigenvalue weighted by atomic mass is 10.0. The number of pyridine rings is 2. The molecule has 0 amide bonds. The van der Waals surface area contributed by atoms with Gasteiger partial charge in [0.25, 0.3) is 0 Å². The van der Waals surface area contributed by atoms with Gasteiger partial charge in [0.2, 0.25) is 0 Å². The van der Waals surface area contributed by atoms with Crippen molar-refractivity contribution in [1.82, 2.24) is 9.97 Å². The van der Waals surface area contributed by atoms with E-state index in [0.717, 1.165) is 22.3 Å². The predicted molar refractivity (Wildman–Crippen MR) is 74.6 cm³/mol. The van der Waals surface area contributed by atoms with Crippen LogP contribution in [0.5, 0.6) is 5.75 Å². The van der Waals surface area contributed by atoms with Crippen LogP contribution < -0.4 is 0 Å². The maximum absolute atomic E-state index is 9.31. The smallest absolute Gasteiger partial charge is 0.115 e. The number of aromatic nitrogens is 2. The first kappa shape index (κ1) is 11.4. The fraction of sp³-hybridized carbons (Fsp3) is 0. The summed E-state index contributed by atoms with van der Waals surface area (Å²) in [6.07, 6.45) is 7.18. The van der Waals surface area contributed by atoms with Crippen molar-refractivity contribution in [2.45, 2.75) is 0 Å². The van der Waals surface area contributed by atoms with Crippen LogP contribution in [0.3, 0.4) is 0 Å². The summed E-state index contributed by atoms with van der Waals surface area (Å²) in [5, 5.41) is 9.31. The highest BCUT2D eigenvalue weighted by Gasteiger charge is 2.02. The molecule has 3 rings (SSSR count). The number of nitrogens with zero attached hydrogens (tertiary/aromatic N) is 2. The Morgan fingerprint density at radius 1 is 0.632 bits per heavy atom. The minimum absolute atomic E-state index is 0.266. The van der Waals surface area contributed by atoms with Gasteiger partial charge in [0.05, 0.1) is 0 Å². The number of phenolic OH excluding ortho intramolecular Hbond substituents is 1. The number of benzene rings is 1. The van der Waals surface area contributed by atoms with E-state index < -0.39 is 0 Å². The standard InChI is InChI=1S/C16H12N2O/c19-16-3-1-12(2-4-16)14-9-15(11-18-10-14)13-5-7-17-8-6-13/h1-11,19H. The van der Waals surface area contributed by atoms with Crippen molar-refractivity contribution in [1.29, 1.82) is 0 Å². The molecule has 0 atom stereocenters. The molecule has 0 fully saturated rings. The Kier molecular flexibility index (Phi) is 2.94. The Labute approximate surface area is 111 Å². The van der Waals surface area contributed by atoms with Crippen LogP contribution in [-0.4, -0.2) is 15.1 Å². The summed E-state index contributed by atoms with van der Waals surface area (Å²) in [6.45, 7) is 0. The first-order chi connectivity index (χ1) is 9.33. The molecule has 0 bridgehead atoms. The molecule has 3 heteroatoms. The second-order valence-corrected chi connectivity index (χ2v) is 4.25. The molecule has 0 unspecified atom stereocenters. The van der Waals surface area contributed by atoms with Crippen LogP contribution in [0.1, 0.15) is 0 Å².